The summed E-state index contributed by atoms with van der Waals surface area (Å²) in [4.78, 5) is 29.3. The first kappa shape index (κ1) is 23.4. The Morgan fingerprint density at radius 1 is 0.824 bits per heavy atom. The molecule has 34 heavy (non-hydrogen) atoms. The van der Waals surface area contributed by atoms with Crippen LogP contribution in [0.1, 0.15) is 27.9 Å². The lowest BCUT2D eigenvalue weighted by atomic mass is 10.1. The summed E-state index contributed by atoms with van der Waals surface area (Å²) in [6.07, 6.45) is 1.19. The third kappa shape index (κ3) is 5.95. The largest absolute Gasteiger partial charge is 0.495 e. The van der Waals surface area contributed by atoms with Crippen molar-refractivity contribution >= 4 is 17.5 Å². The first-order valence-corrected chi connectivity index (χ1v) is 11.7. The molecule has 1 saturated heterocycles. The molecule has 0 saturated carbocycles. The van der Waals surface area contributed by atoms with Crippen LogP contribution in [0, 0.1) is 0 Å². The van der Waals surface area contributed by atoms with Crippen molar-refractivity contribution in [2.75, 3.05) is 38.2 Å². The van der Waals surface area contributed by atoms with E-state index in [0.717, 1.165) is 42.1 Å². The fraction of sp³-hybridized carbons (Fsp3) is 0.286. The van der Waals surface area contributed by atoms with Crippen molar-refractivity contribution in [3.05, 3.63) is 95.6 Å². The number of methoxy groups -OCH3 is 1. The van der Waals surface area contributed by atoms with E-state index in [1.165, 1.54) is 0 Å². The predicted molar refractivity (Wildman–Crippen MR) is 134 cm³/mol. The van der Waals surface area contributed by atoms with Crippen molar-refractivity contribution in [1.29, 1.82) is 0 Å². The molecule has 1 aliphatic rings. The summed E-state index contributed by atoms with van der Waals surface area (Å²) in [5.41, 5.74) is 3.87. The normalized spacial score (nSPS) is 13.4. The van der Waals surface area contributed by atoms with Gasteiger partial charge in [0.1, 0.15) is 5.75 Å². The second kappa shape index (κ2) is 11.4. The molecule has 1 fully saturated rings. The Morgan fingerprint density at radius 3 is 2.21 bits per heavy atom. The fourth-order valence-corrected chi connectivity index (χ4v) is 4.18. The Morgan fingerprint density at radius 2 is 1.50 bits per heavy atom. The van der Waals surface area contributed by atoms with Gasteiger partial charge in [0.2, 0.25) is 5.91 Å². The van der Waals surface area contributed by atoms with Crippen molar-refractivity contribution in [2.45, 2.75) is 19.4 Å². The minimum Gasteiger partial charge on any atom is -0.495 e. The van der Waals surface area contributed by atoms with Crippen LogP contribution >= 0.6 is 0 Å². The lowest BCUT2D eigenvalue weighted by Crippen LogP contribution is -2.48. The number of benzene rings is 3. The van der Waals surface area contributed by atoms with E-state index < -0.39 is 0 Å². The van der Waals surface area contributed by atoms with Gasteiger partial charge in [-0.25, -0.2) is 0 Å². The Bertz CT molecular complexity index is 1090. The number of hydrogen-bond donors (Lipinski definition) is 1. The number of nitrogens with zero attached hydrogens (tertiary/aromatic N) is 2. The van der Waals surface area contributed by atoms with Crippen molar-refractivity contribution < 1.29 is 14.3 Å². The van der Waals surface area contributed by atoms with Crippen LogP contribution < -0.4 is 15.0 Å². The van der Waals surface area contributed by atoms with Gasteiger partial charge in [0, 0.05) is 44.7 Å². The Labute approximate surface area is 201 Å². The Kier molecular flexibility index (Phi) is 7.81. The number of nitrogens with one attached hydrogen (secondary N) is 1. The molecular formula is C28H31N3O3. The molecule has 176 valence electrons. The summed E-state index contributed by atoms with van der Waals surface area (Å²) in [5.74, 6) is 0.917. The van der Waals surface area contributed by atoms with Crippen LogP contribution in [0.3, 0.4) is 0 Å². The van der Waals surface area contributed by atoms with E-state index in [2.05, 4.69) is 16.3 Å². The first-order valence-electron chi connectivity index (χ1n) is 11.7. The number of amides is 2. The van der Waals surface area contributed by atoms with Gasteiger partial charge >= 0.3 is 0 Å². The summed E-state index contributed by atoms with van der Waals surface area (Å²) in [6.45, 7) is 3.31. The highest BCUT2D eigenvalue weighted by Gasteiger charge is 2.23. The number of carbonyl (C=O) groups is 2. The highest BCUT2D eigenvalue weighted by atomic mass is 16.5. The summed E-state index contributed by atoms with van der Waals surface area (Å²) in [5, 5.41) is 2.96. The maximum atomic E-state index is 13.0. The van der Waals surface area contributed by atoms with Crippen LogP contribution in [0.4, 0.5) is 5.69 Å². The second-order valence-electron chi connectivity index (χ2n) is 8.41. The second-order valence-corrected chi connectivity index (χ2v) is 8.41. The number of rotatable bonds is 8. The van der Waals surface area contributed by atoms with E-state index in [9.17, 15) is 9.59 Å². The molecule has 0 aliphatic carbocycles. The standard InChI is InChI=1S/C28H31N3O3/c1-34-26-10-6-5-9-25(26)30-17-19-31(20-18-30)28(33)24-14-11-23(12-15-24)21-29-27(32)16-13-22-7-3-2-4-8-22/h2-12,14-15H,13,16-21H2,1H3,(H,29,32). The van der Waals surface area contributed by atoms with Gasteiger partial charge < -0.3 is 19.9 Å². The van der Waals surface area contributed by atoms with Crippen molar-refractivity contribution in [2.24, 2.45) is 0 Å². The molecule has 0 aromatic heterocycles. The molecule has 0 unspecified atom stereocenters. The maximum absolute atomic E-state index is 13.0. The van der Waals surface area contributed by atoms with Crippen LogP contribution in [0.25, 0.3) is 0 Å². The highest BCUT2D eigenvalue weighted by molar-refractivity contribution is 5.94. The van der Waals surface area contributed by atoms with Crippen molar-refractivity contribution in [3.8, 4) is 5.75 Å². The number of aryl methyl sites for hydroxylation is 1. The fourth-order valence-electron chi connectivity index (χ4n) is 4.18. The van der Waals surface area contributed by atoms with Gasteiger partial charge in [-0.1, -0.05) is 54.6 Å². The van der Waals surface area contributed by atoms with E-state index in [1.807, 2.05) is 77.7 Å². The molecule has 0 spiro atoms. The molecule has 2 amide bonds. The molecule has 3 aromatic carbocycles. The van der Waals surface area contributed by atoms with Gasteiger partial charge in [-0.15, -0.1) is 0 Å². The number of anilines is 1. The average Bonchev–Trinajstić information content (AvgIpc) is 2.91. The van der Waals surface area contributed by atoms with Gasteiger partial charge in [0.05, 0.1) is 12.8 Å². The quantitative estimate of drug-likeness (QED) is 0.557. The van der Waals surface area contributed by atoms with Gasteiger partial charge in [-0.2, -0.15) is 0 Å². The molecule has 4 rings (SSSR count). The molecule has 0 bridgehead atoms. The summed E-state index contributed by atoms with van der Waals surface area (Å²) >= 11 is 0. The van der Waals surface area contributed by atoms with E-state index >= 15 is 0 Å². The lowest BCUT2D eigenvalue weighted by molar-refractivity contribution is -0.121. The van der Waals surface area contributed by atoms with Gasteiger partial charge in [-0.3, -0.25) is 9.59 Å². The molecule has 6 heteroatoms. The van der Waals surface area contributed by atoms with Crippen molar-refractivity contribution in [1.82, 2.24) is 10.2 Å². The van der Waals surface area contributed by atoms with Gasteiger partial charge in [0.25, 0.3) is 5.91 Å². The molecule has 1 heterocycles. The molecule has 1 aliphatic heterocycles. The van der Waals surface area contributed by atoms with Gasteiger partial charge in [-0.05, 0) is 41.8 Å². The number of para-hydroxylation sites is 2. The smallest absolute Gasteiger partial charge is 0.253 e. The SMILES string of the molecule is COc1ccccc1N1CCN(C(=O)c2ccc(CNC(=O)CCc3ccccc3)cc2)CC1. The number of ether oxygens (including phenoxy) is 1. The average molecular weight is 458 g/mol. The Hall–Kier alpha value is -3.80. The monoisotopic (exact) mass is 457 g/mol. The summed E-state index contributed by atoms with van der Waals surface area (Å²) in [6, 6.07) is 25.5. The van der Waals surface area contributed by atoms with E-state index in [4.69, 9.17) is 4.74 Å². The summed E-state index contributed by atoms with van der Waals surface area (Å²) < 4.78 is 5.47. The Balaban J connectivity index is 1.24. The number of piperazine rings is 1. The predicted octanol–water partition coefficient (Wildman–Crippen LogP) is 3.91. The summed E-state index contributed by atoms with van der Waals surface area (Å²) in [7, 11) is 1.68. The number of hydrogen-bond acceptors (Lipinski definition) is 4. The molecule has 0 atom stereocenters. The maximum Gasteiger partial charge on any atom is 0.253 e. The van der Waals surface area contributed by atoms with Crippen LogP contribution in [0.5, 0.6) is 5.75 Å². The molecular weight excluding hydrogens is 426 g/mol. The lowest BCUT2D eigenvalue weighted by Gasteiger charge is -2.36. The van der Waals surface area contributed by atoms with E-state index in [0.29, 0.717) is 31.6 Å². The zero-order valence-electron chi connectivity index (χ0n) is 19.6. The van der Waals surface area contributed by atoms with Crippen LogP contribution in [-0.4, -0.2) is 50.0 Å². The topological polar surface area (TPSA) is 61.9 Å². The minimum absolute atomic E-state index is 0.0249. The molecule has 1 N–H and O–H groups in total. The van der Waals surface area contributed by atoms with Gasteiger partial charge in [0.15, 0.2) is 0 Å². The van der Waals surface area contributed by atoms with E-state index in [-0.39, 0.29) is 11.8 Å². The minimum atomic E-state index is 0.0249. The third-order valence-electron chi connectivity index (χ3n) is 6.17. The third-order valence-corrected chi connectivity index (χ3v) is 6.17. The first-order chi connectivity index (χ1) is 16.6. The van der Waals surface area contributed by atoms with Crippen LogP contribution in [0.2, 0.25) is 0 Å². The van der Waals surface area contributed by atoms with E-state index in [1.54, 1.807) is 7.11 Å². The highest BCUT2D eigenvalue weighted by Crippen LogP contribution is 2.28. The van der Waals surface area contributed by atoms with Crippen LogP contribution in [-0.2, 0) is 17.8 Å². The van der Waals surface area contributed by atoms with Crippen LogP contribution in [0.15, 0.2) is 78.9 Å². The van der Waals surface area contributed by atoms with Crippen molar-refractivity contribution in [3.63, 3.8) is 0 Å². The number of carbonyl (C=O) groups excluding carboxylic acids is 2. The zero-order chi connectivity index (χ0) is 23.8. The molecule has 3 aromatic rings. The zero-order valence-corrected chi connectivity index (χ0v) is 19.6. The molecule has 6 nitrogen and oxygen atoms in total. The molecule has 0 radical (unpaired) electrons.